The maximum absolute atomic E-state index is 8.46. The summed E-state index contributed by atoms with van der Waals surface area (Å²) in [4.78, 5) is 0. The summed E-state index contributed by atoms with van der Waals surface area (Å²) in [5, 5.41) is 16.6. The molecule has 40 valence electrons. The Morgan fingerprint density at radius 3 is 2.43 bits per heavy atom. The molecule has 0 heterocycles. The van der Waals surface area contributed by atoms with Gasteiger partial charge in [-0.25, -0.2) is 0 Å². The fourth-order valence-electron chi connectivity index (χ4n) is 0.206. The monoisotopic (exact) mass is 100 g/mol. The van der Waals surface area contributed by atoms with Crippen molar-refractivity contribution >= 4 is 0 Å². The Labute approximate surface area is 42.8 Å². The average molecular weight is 100 g/mol. The molecule has 0 unspecified atom stereocenters. The van der Waals surface area contributed by atoms with Gasteiger partial charge in [-0.15, -0.1) is 6.42 Å². The Bertz CT molecular complexity index is 72.6. The molecule has 0 saturated carbocycles. The van der Waals surface area contributed by atoms with Crippen LogP contribution in [0.25, 0.3) is 0 Å². The van der Waals surface area contributed by atoms with E-state index in [1.165, 1.54) is 0 Å². The highest BCUT2D eigenvalue weighted by Crippen LogP contribution is 1.83. The van der Waals surface area contributed by atoms with Gasteiger partial charge in [0.05, 0.1) is 0 Å². The van der Waals surface area contributed by atoms with Crippen LogP contribution in [0.15, 0.2) is 0 Å². The number of aliphatic hydroxyl groups is 2. The van der Waals surface area contributed by atoms with Crippen LogP contribution >= 0.6 is 0 Å². The third-order valence-electron chi connectivity index (χ3n) is 0.595. The van der Waals surface area contributed by atoms with Crippen molar-refractivity contribution in [3.05, 3.63) is 0 Å². The molecule has 0 aliphatic heterocycles. The first-order chi connectivity index (χ1) is 3.31. The van der Waals surface area contributed by atoms with Crippen LogP contribution in [0.3, 0.4) is 0 Å². The molecule has 2 N–H and O–H groups in total. The second-order valence-electron chi connectivity index (χ2n) is 1.19. The van der Waals surface area contributed by atoms with Crippen molar-refractivity contribution in [1.29, 1.82) is 0 Å². The minimum Gasteiger partial charge on any atom is -0.396 e. The van der Waals surface area contributed by atoms with E-state index < -0.39 is 6.10 Å². The van der Waals surface area contributed by atoms with E-state index in [1.807, 2.05) is 0 Å². The van der Waals surface area contributed by atoms with E-state index in [-0.39, 0.29) is 13.0 Å². The SMILES string of the molecule is C#C[C@H](O)CCO. The lowest BCUT2D eigenvalue weighted by atomic mass is 10.3. The van der Waals surface area contributed by atoms with Crippen molar-refractivity contribution in [2.45, 2.75) is 12.5 Å². The summed E-state index contributed by atoms with van der Waals surface area (Å²) >= 11 is 0. The number of aliphatic hydroxyl groups excluding tert-OH is 2. The van der Waals surface area contributed by atoms with E-state index >= 15 is 0 Å². The minimum absolute atomic E-state index is 0.0502. The molecule has 0 aromatic heterocycles. The highest BCUT2D eigenvalue weighted by Gasteiger charge is 1.92. The molecule has 0 bridgehead atoms. The summed E-state index contributed by atoms with van der Waals surface area (Å²) in [6.45, 7) is -0.0502. The number of hydrogen-bond donors (Lipinski definition) is 2. The lowest BCUT2D eigenvalue weighted by Gasteiger charge is -1.94. The molecule has 0 fully saturated rings. The van der Waals surface area contributed by atoms with Gasteiger partial charge in [-0.2, -0.15) is 0 Å². The van der Waals surface area contributed by atoms with Gasteiger partial charge in [-0.3, -0.25) is 0 Å². The second kappa shape index (κ2) is 3.66. The topological polar surface area (TPSA) is 40.5 Å². The first-order valence-electron chi connectivity index (χ1n) is 2.06. The van der Waals surface area contributed by atoms with Crippen LogP contribution in [0.2, 0.25) is 0 Å². The summed E-state index contributed by atoms with van der Waals surface area (Å²) < 4.78 is 0. The molecule has 7 heavy (non-hydrogen) atoms. The molecule has 0 aromatic rings. The van der Waals surface area contributed by atoms with E-state index in [0.29, 0.717) is 0 Å². The summed E-state index contributed by atoms with van der Waals surface area (Å²) in [6, 6.07) is 0. The molecular formula is C5H8O2. The molecule has 0 rings (SSSR count). The van der Waals surface area contributed by atoms with Gasteiger partial charge in [0.25, 0.3) is 0 Å². The third kappa shape index (κ3) is 3.31. The Balaban J connectivity index is 3.04. The van der Waals surface area contributed by atoms with Crippen molar-refractivity contribution in [3.8, 4) is 12.3 Å². The van der Waals surface area contributed by atoms with Gasteiger partial charge in [0.15, 0.2) is 0 Å². The molecule has 0 aromatic carbocycles. The van der Waals surface area contributed by atoms with Crippen molar-refractivity contribution < 1.29 is 10.2 Å². The second-order valence-corrected chi connectivity index (χ2v) is 1.19. The van der Waals surface area contributed by atoms with Gasteiger partial charge >= 0.3 is 0 Å². The quantitative estimate of drug-likeness (QED) is 0.453. The lowest BCUT2D eigenvalue weighted by molar-refractivity contribution is 0.177. The summed E-state index contributed by atoms with van der Waals surface area (Å²) in [6.07, 6.45) is 4.25. The number of terminal acetylenes is 1. The number of hydrogen-bond acceptors (Lipinski definition) is 2. The fourth-order valence-corrected chi connectivity index (χ4v) is 0.206. The van der Waals surface area contributed by atoms with Crippen molar-refractivity contribution in [2.75, 3.05) is 6.61 Å². The predicted octanol–water partition coefficient (Wildman–Crippen LogP) is -0.637. The molecule has 1 atom stereocenters. The van der Waals surface area contributed by atoms with Crippen LogP contribution in [0.5, 0.6) is 0 Å². The molecule has 0 spiro atoms. The standard InChI is InChI=1S/C5H8O2/c1-2-5(7)3-4-6/h1,5-7H,3-4H2/t5-/m0/s1. The van der Waals surface area contributed by atoms with Gasteiger partial charge in [0, 0.05) is 13.0 Å². The van der Waals surface area contributed by atoms with E-state index in [9.17, 15) is 0 Å². The summed E-state index contributed by atoms with van der Waals surface area (Å²) in [5.41, 5.74) is 0. The van der Waals surface area contributed by atoms with Gasteiger partial charge in [-0.1, -0.05) is 5.92 Å². The van der Waals surface area contributed by atoms with Crippen LogP contribution in [0.4, 0.5) is 0 Å². The Morgan fingerprint density at radius 2 is 2.29 bits per heavy atom. The number of rotatable bonds is 2. The molecule has 0 saturated heterocycles. The van der Waals surface area contributed by atoms with Crippen LogP contribution in [-0.4, -0.2) is 22.9 Å². The zero-order valence-corrected chi connectivity index (χ0v) is 3.96. The molecule has 2 nitrogen and oxygen atoms in total. The highest BCUT2D eigenvalue weighted by molar-refractivity contribution is 4.92. The molecule has 0 aliphatic carbocycles. The van der Waals surface area contributed by atoms with Crippen LogP contribution in [0.1, 0.15) is 6.42 Å². The molecule has 0 radical (unpaired) electrons. The Hall–Kier alpha value is -0.520. The van der Waals surface area contributed by atoms with Gasteiger partial charge in [0.2, 0.25) is 0 Å². The van der Waals surface area contributed by atoms with Crippen molar-refractivity contribution in [3.63, 3.8) is 0 Å². The first kappa shape index (κ1) is 6.48. The van der Waals surface area contributed by atoms with Crippen LogP contribution < -0.4 is 0 Å². The molecule has 0 amide bonds. The zero-order chi connectivity index (χ0) is 5.70. The third-order valence-corrected chi connectivity index (χ3v) is 0.595. The summed E-state index contributed by atoms with van der Waals surface area (Å²) in [7, 11) is 0. The minimum atomic E-state index is -0.773. The molecule has 2 heteroatoms. The van der Waals surface area contributed by atoms with E-state index in [0.717, 1.165) is 0 Å². The van der Waals surface area contributed by atoms with Crippen molar-refractivity contribution in [1.82, 2.24) is 0 Å². The zero-order valence-electron chi connectivity index (χ0n) is 3.96. The van der Waals surface area contributed by atoms with E-state index in [1.54, 1.807) is 0 Å². The molecular weight excluding hydrogens is 92.1 g/mol. The van der Waals surface area contributed by atoms with Gasteiger partial charge in [0.1, 0.15) is 6.10 Å². The van der Waals surface area contributed by atoms with E-state index in [2.05, 4.69) is 5.92 Å². The maximum atomic E-state index is 8.46. The summed E-state index contributed by atoms with van der Waals surface area (Å²) in [5.74, 6) is 2.06. The Morgan fingerprint density at radius 1 is 1.71 bits per heavy atom. The smallest absolute Gasteiger partial charge is 0.116 e. The average Bonchev–Trinajstić information content (AvgIpc) is 1.68. The van der Waals surface area contributed by atoms with Crippen molar-refractivity contribution in [2.24, 2.45) is 0 Å². The van der Waals surface area contributed by atoms with E-state index in [4.69, 9.17) is 16.6 Å². The van der Waals surface area contributed by atoms with Gasteiger partial charge < -0.3 is 10.2 Å². The molecule has 0 aliphatic rings. The van der Waals surface area contributed by atoms with Crippen LogP contribution in [0, 0.1) is 12.3 Å². The fraction of sp³-hybridized carbons (Fsp3) is 0.600. The first-order valence-corrected chi connectivity index (χ1v) is 2.06. The maximum Gasteiger partial charge on any atom is 0.116 e. The highest BCUT2D eigenvalue weighted by atomic mass is 16.3. The lowest BCUT2D eigenvalue weighted by Crippen LogP contribution is -2.03. The predicted molar refractivity (Wildman–Crippen MR) is 26.5 cm³/mol. The normalized spacial score (nSPS) is 12.7. The van der Waals surface area contributed by atoms with Crippen LogP contribution in [-0.2, 0) is 0 Å². The van der Waals surface area contributed by atoms with Gasteiger partial charge in [-0.05, 0) is 0 Å². The Kier molecular flexibility index (Phi) is 3.39. The largest absolute Gasteiger partial charge is 0.396 e.